The Hall–Kier alpha value is -2.74. The lowest BCUT2D eigenvalue weighted by Gasteiger charge is -2.36. The number of hydrogen-bond donors (Lipinski definition) is 0. The van der Waals surface area contributed by atoms with E-state index in [-0.39, 0.29) is 10.6 Å². The van der Waals surface area contributed by atoms with Crippen LogP contribution in [0.1, 0.15) is 12.0 Å². The molecule has 1 saturated heterocycles. The number of ether oxygens (including phenoxy) is 2. The van der Waals surface area contributed by atoms with E-state index in [9.17, 15) is 4.79 Å². The number of para-hydroxylation sites is 1. The standard InChI is InChI=1S/C24H24Cl2N4O3/c25-19-13-17(14-21-23(19)33-12-4-11-32-21)16-28-7-9-29(10-8-28)20-15-27-30(24(31)22(20)26)18-5-2-1-3-6-18/h1-3,5-6,13-15H,4,7-12,16H2. The Morgan fingerprint density at radius 3 is 2.52 bits per heavy atom. The maximum atomic E-state index is 12.8. The molecule has 1 aromatic heterocycles. The van der Waals surface area contributed by atoms with E-state index in [1.165, 1.54) is 4.68 Å². The van der Waals surface area contributed by atoms with Gasteiger partial charge in [-0.15, -0.1) is 0 Å². The molecule has 7 nitrogen and oxygen atoms in total. The van der Waals surface area contributed by atoms with Gasteiger partial charge in [0.25, 0.3) is 5.56 Å². The topological polar surface area (TPSA) is 59.8 Å². The second kappa shape index (κ2) is 9.63. The molecule has 1 fully saturated rings. The van der Waals surface area contributed by atoms with Gasteiger partial charge in [-0.1, -0.05) is 41.4 Å². The van der Waals surface area contributed by atoms with Crippen molar-refractivity contribution in [2.45, 2.75) is 13.0 Å². The van der Waals surface area contributed by atoms with Crippen molar-refractivity contribution in [3.05, 3.63) is 74.6 Å². The van der Waals surface area contributed by atoms with Crippen LogP contribution in [0.3, 0.4) is 0 Å². The van der Waals surface area contributed by atoms with E-state index >= 15 is 0 Å². The average Bonchev–Trinajstić information content (AvgIpc) is 3.08. The van der Waals surface area contributed by atoms with Crippen molar-refractivity contribution in [2.75, 3.05) is 44.3 Å². The van der Waals surface area contributed by atoms with Crippen molar-refractivity contribution in [3.8, 4) is 17.2 Å². The fraction of sp³-hybridized carbons (Fsp3) is 0.333. The quantitative estimate of drug-likeness (QED) is 0.554. The molecule has 2 aliphatic rings. The summed E-state index contributed by atoms with van der Waals surface area (Å²) in [5, 5.41) is 5.13. The van der Waals surface area contributed by atoms with Gasteiger partial charge in [0.15, 0.2) is 11.5 Å². The van der Waals surface area contributed by atoms with Gasteiger partial charge < -0.3 is 14.4 Å². The molecule has 0 N–H and O–H groups in total. The van der Waals surface area contributed by atoms with Crippen molar-refractivity contribution >= 4 is 28.9 Å². The number of halogens is 2. The zero-order chi connectivity index (χ0) is 22.8. The molecule has 0 radical (unpaired) electrons. The first-order valence-corrected chi connectivity index (χ1v) is 11.7. The molecule has 9 heteroatoms. The monoisotopic (exact) mass is 486 g/mol. The zero-order valence-electron chi connectivity index (χ0n) is 18.0. The lowest BCUT2D eigenvalue weighted by Crippen LogP contribution is -2.46. The van der Waals surface area contributed by atoms with Gasteiger partial charge in [-0.3, -0.25) is 9.69 Å². The van der Waals surface area contributed by atoms with Gasteiger partial charge in [-0.2, -0.15) is 9.78 Å². The number of fused-ring (bicyclic) bond motifs is 1. The second-order valence-electron chi connectivity index (χ2n) is 8.11. The minimum absolute atomic E-state index is 0.192. The molecule has 0 atom stereocenters. The lowest BCUT2D eigenvalue weighted by molar-refractivity contribution is 0.249. The first kappa shape index (κ1) is 22.1. The van der Waals surface area contributed by atoms with Crippen LogP contribution in [0.25, 0.3) is 5.69 Å². The highest BCUT2D eigenvalue weighted by atomic mass is 35.5. The van der Waals surface area contributed by atoms with Crippen molar-refractivity contribution in [1.29, 1.82) is 0 Å². The van der Waals surface area contributed by atoms with Crippen LogP contribution in [-0.4, -0.2) is 54.1 Å². The number of rotatable bonds is 4. The fourth-order valence-corrected chi connectivity index (χ4v) is 4.71. The maximum Gasteiger partial charge on any atom is 0.292 e. The second-order valence-corrected chi connectivity index (χ2v) is 8.90. The molecule has 0 bridgehead atoms. The smallest absolute Gasteiger partial charge is 0.292 e. The molecule has 5 rings (SSSR count). The van der Waals surface area contributed by atoms with Gasteiger partial charge in [0.05, 0.1) is 35.8 Å². The predicted molar refractivity (Wildman–Crippen MR) is 129 cm³/mol. The van der Waals surface area contributed by atoms with Crippen molar-refractivity contribution < 1.29 is 9.47 Å². The highest BCUT2D eigenvalue weighted by Crippen LogP contribution is 2.38. The summed E-state index contributed by atoms with van der Waals surface area (Å²) in [4.78, 5) is 17.3. The summed E-state index contributed by atoms with van der Waals surface area (Å²) in [6, 6.07) is 13.2. The van der Waals surface area contributed by atoms with E-state index < -0.39 is 0 Å². The maximum absolute atomic E-state index is 12.8. The van der Waals surface area contributed by atoms with E-state index in [4.69, 9.17) is 32.7 Å². The molecule has 172 valence electrons. The molecular weight excluding hydrogens is 463 g/mol. The Balaban J connectivity index is 1.26. The summed E-state index contributed by atoms with van der Waals surface area (Å²) in [6.07, 6.45) is 2.52. The van der Waals surface area contributed by atoms with Gasteiger partial charge in [-0.05, 0) is 29.8 Å². The summed E-state index contributed by atoms with van der Waals surface area (Å²) in [7, 11) is 0. The van der Waals surface area contributed by atoms with Crippen molar-refractivity contribution in [3.63, 3.8) is 0 Å². The highest BCUT2D eigenvalue weighted by molar-refractivity contribution is 6.33. The van der Waals surface area contributed by atoms with E-state index in [0.717, 1.165) is 44.7 Å². The zero-order valence-corrected chi connectivity index (χ0v) is 19.6. The van der Waals surface area contributed by atoms with E-state index in [1.807, 2.05) is 42.5 Å². The molecule has 2 aliphatic heterocycles. The Bertz CT molecular complexity index is 1190. The molecule has 0 amide bonds. The molecule has 33 heavy (non-hydrogen) atoms. The van der Waals surface area contributed by atoms with Crippen LogP contribution >= 0.6 is 23.2 Å². The minimum atomic E-state index is -0.315. The first-order chi connectivity index (χ1) is 16.1. The summed E-state index contributed by atoms with van der Waals surface area (Å²) in [5.74, 6) is 1.35. The van der Waals surface area contributed by atoms with Gasteiger partial charge in [0.1, 0.15) is 5.02 Å². The third kappa shape index (κ3) is 4.67. The molecular formula is C24H24Cl2N4O3. The van der Waals surface area contributed by atoms with Crippen molar-refractivity contribution in [1.82, 2.24) is 14.7 Å². The normalized spacial score (nSPS) is 16.5. The Kier molecular flexibility index (Phi) is 6.44. The minimum Gasteiger partial charge on any atom is -0.489 e. The highest BCUT2D eigenvalue weighted by Gasteiger charge is 2.23. The van der Waals surface area contributed by atoms with Gasteiger partial charge in [0.2, 0.25) is 0 Å². The molecule has 0 unspecified atom stereocenters. The summed E-state index contributed by atoms with van der Waals surface area (Å²) < 4.78 is 12.9. The van der Waals surface area contributed by atoms with Crippen LogP contribution in [-0.2, 0) is 6.54 Å². The van der Waals surface area contributed by atoms with Crippen LogP contribution in [0, 0.1) is 0 Å². The first-order valence-electron chi connectivity index (χ1n) is 11.0. The van der Waals surface area contributed by atoms with E-state index in [1.54, 1.807) is 6.20 Å². The summed E-state index contributed by atoms with van der Waals surface area (Å²) in [6.45, 7) is 5.13. The third-order valence-electron chi connectivity index (χ3n) is 5.88. The number of piperazine rings is 1. The fourth-order valence-electron chi connectivity index (χ4n) is 4.18. The Morgan fingerprint density at radius 2 is 1.73 bits per heavy atom. The number of anilines is 1. The van der Waals surface area contributed by atoms with Crippen LogP contribution in [0.2, 0.25) is 10.0 Å². The summed E-state index contributed by atoms with van der Waals surface area (Å²) in [5.41, 5.74) is 2.13. The molecule has 0 spiro atoms. The number of benzene rings is 2. The van der Waals surface area contributed by atoms with Crippen LogP contribution < -0.4 is 19.9 Å². The van der Waals surface area contributed by atoms with Crippen LogP contribution in [0.15, 0.2) is 53.5 Å². The van der Waals surface area contributed by atoms with Gasteiger partial charge in [0, 0.05) is 39.1 Å². The van der Waals surface area contributed by atoms with E-state index in [0.29, 0.717) is 41.1 Å². The number of aromatic nitrogens is 2. The van der Waals surface area contributed by atoms with E-state index in [2.05, 4.69) is 14.9 Å². The SMILES string of the molecule is O=c1c(Cl)c(N2CCN(Cc3cc(Cl)c4c(c3)OCCCO4)CC2)cnn1-c1ccccc1. The Morgan fingerprint density at radius 1 is 0.970 bits per heavy atom. The van der Waals surface area contributed by atoms with Crippen molar-refractivity contribution in [2.24, 2.45) is 0 Å². The molecule has 0 aliphatic carbocycles. The lowest BCUT2D eigenvalue weighted by atomic mass is 10.1. The average molecular weight is 487 g/mol. The number of nitrogens with zero attached hydrogens (tertiary/aromatic N) is 4. The summed E-state index contributed by atoms with van der Waals surface area (Å²) >= 11 is 12.9. The third-order valence-corrected chi connectivity index (χ3v) is 6.52. The Labute approximate surface area is 202 Å². The molecule has 0 saturated carbocycles. The molecule has 3 heterocycles. The molecule has 3 aromatic rings. The van der Waals surface area contributed by atoms with Gasteiger partial charge >= 0.3 is 0 Å². The van der Waals surface area contributed by atoms with Crippen LogP contribution in [0.4, 0.5) is 5.69 Å². The van der Waals surface area contributed by atoms with Crippen LogP contribution in [0.5, 0.6) is 11.5 Å². The van der Waals surface area contributed by atoms with Gasteiger partial charge in [-0.25, -0.2) is 0 Å². The predicted octanol–water partition coefficient (Wildman–Crippen LogP) is 4.02. The molecule has 2 aromatic carbocycles. The largest absolute Gasteiger partial charge is 0.489 e. The number of hydrogen-bond acceptors (Lipinski definition) is 6.